The molecule has 0 aromatic carbocycles. The number of carbonyl (C=O) groups is 2. The molecule has 2 aliphatic rings. The van der Waals surface area contributed by atoms with Crippen LogP contribution in [0.3, 0.4) is 0 Å². The minimum absolute atomic E-state index is 0.0523. The summed E-state index contributed by atoms with van der Waals surface area (Å²) in [6.07, 6.45) is 1.27. The van der Waals surface area contributed by atoms with Gasteiger partial charge in [0.15, 0.2) is 5.65 Å². The molecule has 0 bridgehead atoms. The molecule has 144 valence electrons. The van der Waals surface area contributed by atoms with Gasteiger partial charge >= 0.3 is 6.18 Å². The number of aromatic amines is 1. The molecule has 0 radical (unpaired) electrons. The van der Waals surface area contributed by atoms with Crippen molar-refractivity contribution in [1.29, 1.82) is 0 Å². The zero-order valence-corrected chi connectivity index (χ0v) is 14.3. The van der Waals surface area contributed by atoms with Gasteiger partial charge in [-0.25, -0.2) is 9.97 Å². The van der Waals surface area contributed by atoms with E-state index < -0.39 is 24.0 Å². The van der Waals surface area contributed by atoms with Gasteiger partial charge in [0, 0.05) is 25.2 Å². The van der Waals surface area contributed by atoms with Gasteiger partial charge in [-0.1, -0.05) is 0 Å². The first-order chi connectivity index (χ1) is 12.8. The Balaban J connectivity index is 1.60. The maximum atomic E-state index is 13.4. The lowest BCUT2D eigenvalue weighted by atomic mass is 10.2. The summed E-state index contributed by atoms with van der Waals surface area (Å²) in [5.41, 5.74) is 1.20. The number of nitrogens with one attached hydrogen (secondary N) is 2. The molecular weight excluding hydrogens is 363 g/mol. The van der Waals surface area contributed by atoms with E-state index in [0.29, 0.717) is 18.5 Å². The number of H-pyrrole nitrogens is 1. The Bertz CT molecular complexity index is 884. The molecule has 1 saturated carbocycles. The molecule has 1 atom stereocenters. The average molecular weight is 381 g/mol. The van der Waals surface area contributed by atoms with Crippen LogP contribution in [0.15, 0.2) is 12.4 Å². The van der Waals surface area contributed by atoms with Crippen molar-refractivity contribution in [2.75, 3.05) is 13.1 Å². The van der Waals surface area contributed by atoms with Gasteiger partial charge in [-0.3, -0.25) is 9.59 Å². The standard InChI is InChI=1S/C17H18F3N5O2/c18-17(19,20)13(16(27)25-5-1-2-6-25)24-15(26)10-7-21-14-12(10)23-11(8-22-14)9-3-4-9/h7-9,13H,1-6H2,(H,21,22)(H,24,26). The van der Waals surface area contributed by atoms with Crippen molar-refractivity contribution in [3.05, 3.63) is 23.7 Å². The predicted octanol–water partition coefficient (Wildman–Crippen LogP) is 2.12. The molecule has 10 heteroatoms. The molecule has 2 fully saturated rings. The monoisotopic (exact) mass is 381 g/mol. The molecule has 2 amide bonds. The number of carbonyl (C=O) groups excluding carboxylic acids is 2. The third-order valence-electron chi connectivity index (χ3n) is 4.91. The Morgan fingerprint density at radius 1 is 1.26 bits per heavy atom. The summed E-state index contributed by atoms with van der Waals surface area (Å²) in [6, 6.07) is -2.58. The summed E-state index contributed by atoms with van der Waals surface area (Å²) in [5.74, 6) is -1.84. The Morgan fingerprint density at radius 2 is 1.96 bits per heavy atom. The zero-order valence-electron chi connectivity index (χ0n) is 14.3. The van der Waals surface area contributed by atoms with Gasteiger partial charge in [-0.2, -0.15) is 13.2 Å². The van der Waals surface area contributed by atoms with E-state index in [1.165, 1.54) is 6.20 Å². The summed E-state index contributed by atoms with van der Waals surface area (Å²) < 4.78 is 40.3. The van der Waals surface area contributed by atoms with E-state index in [9.17, 15) is 22.8 Å². The largest absolute Gasteiger partial charge is 0.417 e. The number of hydrogen-bond acceptors (Lipinski definition) is 4. The van der Waals surface area contributed by atoms with E-state index in [0.717, 1.165) is 23.4 Å². The number of halogens is 3. The summed E-state index contributed by atoms with van der Waals surface area (Å²) >= 11 is 0. The lowest BCUT2D eigenvalue weighted by molar-refractivity contribution is -0.173. The number of fused-ring (bicyclic) bond motifs is 1. The highest BCUT2D eigenvalue weighted by atomic mass is 19.4. The molecule has 2 N–H and O–H groups in total. The van der Waals surface area contributed by atoms with Gasteiger partial charge in [0.1, 0.15) is 5.52 Å². The minimum atomic E-state index is -4.88. The molecule has 27 heavy (non-hydrogen) atoms. The van der Waals surface area contributed by atoms with Crippen LogP contribution in [0.5, 0.6) is 0 Å². The van der Waals surface area contributed by atoms with E-state index in [-0.39, 0.29) is 30.1 Å². The van der Waals surface area contributed by atoms with Crippen LogP contribution in [0.1, 0.15) is 47.7 Å². The van der Waals surface area contributed by atoms with E-state index in [2.05, 4.69) is 15.0 Å². The smallest absolute Gasteiger partial charge is 0.344 e. The van der Waals surface area contributed by atoms with Crippen LogP contribution in [0.25, 0.3) is 11.2 Å². The third-order valence-corrected chi connectivity index (χ3v) is 4.91. The van der Waals surface area contributed by atoms with Crippen LogP contribution < -0.4 is 5.32 Å². The second-order valence-electron chi connectivity index (χ2n) is 6.95. The Kier molecular flexibility index (Phi) is 4.27. The van der Waals surface area contributed by atoms with E-state index in [1.54, 1.807) is 6.20 Å². The molecule has 1 aliphatic carbocycles. The number of aromatic nitrogens is 3. The molecule has 1 unspecified atom stereocenters. The summed E-state index contributed by atoms with van der Waals surface area (Å²) in [6.45, 7) is 0.537. The lowest BCUT2D eigenvalue weighted by Crippen LogP contribution is -2.55. The maximum Gasteiger partial charge on any atom is 0.417 e. The maximum absolute atomic E-state index is 13.4. The Hall–Kier alpha value is -2.65. The minimum Gasteiger partial charge on any atom is -0.344 e. The molecular formula is C17H18F3N5O2. The summed E-state index contributed by atoms with van der Waals surface area (Å²) in [5, 5.41) is 1.85. The fourth-order valence-electron chi connectivity index (χ4n) is 3.27. The van der Waals surface area contributed by atoms with Crippen molar-refractivity contribution < 1.29 is 22.8 Å². The zero-order chi connectivity index (χ0) is 19.2. The van der Waals surface area contributed by atoms with Crippen LogP contribution in [-0.4, -0.2) is 57.0 Å². The van der Waals surface area contributed by atoms with Gasteiger partial charge in [-0.15, -0.1) is 0 Å². The number of likely N-dealkylation sites (tertiary alicyclic amines) is 1. The predicted molar refractivity (Wildman–Crippen MR) is 89.0 cm³/mol. The highest BCUT2D eigenvalue weighted by molar-refractivity contribution is 6.06. The average Bonchev–Trinajstić information content (AvgIpc) is 3.16. The highest BCUT2D eigenvalue weighted by Crippen LogP contribution is 2.39. The fraction of sp³-hybridized carbons (Fsp3) is 0.529. The number of hydrogen-bond donors (Lipinski definition) is 2. The fourth-order valence-corrected chi connectivity index (χ4v) is 3.27. The van der Waals surface area contributed by atoms with Crippen LogP contribution in [-0.2, 0) is 4.79 Å². The molecule has 3 heterocycles. The van der Waals surface area contributed by atoms with Crippen molar-refractivity contribution in [3.63, 3.8) is 0 Å². The van der Waals surface area contributed by atoms with Gasteiger partial charge < -0.3 is 15.2 Å². The van der Waals surface area contributed by atoms with Gasteiger partial charge in [0.25, 0.3) is 11.8 Å². The van der Waals surface area contributed by atoms with Crippen LogP contribution in [0.4, 0.5) is 13.2 Å². The van der Waals surface area contributed by atoms with Gasteiger partial charge in [0.2, 0.25) is 6.04 Å². The van der Waals surface area contributed by atoms with Crippen molar-refractivity contribution in [1.82, 2.24) is 25.2 Å². The highest BCUT2D eigenvalue weighted by Gasteiger charge is 2.48. The van der Waals surface area contributed by atoms with Gasteiger partial charge in [0.05, 0.1) is 17.5 Å². The second-order valence-corrected chi connectivity index (χ2v) is 6.95. The molecule has 4 rings (SSSR count). The van der Waals surface area contributed by atoms with E-state index >= 15 is 0 Å². The van der Waals surface area contributed by atoms with Crippen LogP contribution >= 0.6 is 0 Å². The number of nitrogens with zero attached hydrogens (tertiary/aromatic N) is 3. The molecule has 0 spiro atoms. The van der Waals surface area contributed by atoms with Crippen molar-refractivity contribution in [2.24, 2.45) is 0 Å². The Labute approximate surface area is 152 Å². The SMILES string of the molecule is O=C(NC(C(=O)N1CCCC1)C(F)(F)F)c1c[nH]c2ncc(C3CC3)nc12. The number of alkyl halides is 3. The number of amides is 2. The lowest BCUT2D eigenvalue weighted by Gasteiger charge is -2.25. The van der Waals surface area contributed by atoms with E-state index in [4.69, 9.17) is 0 Å². The molecule has 1 aliphatic heterocycles. The second kappa shape index (κ2) is 6.50. The van der Waals surface area contributed by atoms with Crippen molar-refractivity contribution >= 4 is 23.0 Å². The first-order valence-corrected chi connectivity index (χ1v) is 8.85. The van der Waals surface area contributed by atoms with Gasteiger partial charge in [-0.05, 0) is 25.7 Å². The molecule has 7 nitrogen and oxygen atoms in total. The molecule has 2 aromatic heterocycles. The summed E-state index contributed by atoms with van der Waals surface area (Å²) in [4.78, 5) is 37.2. The summed E-state index contributed by atoms with van der Waals surface area (Å²) in [7, 11) is 0. The first-order valence-electron chi connectivity index (χ1n) is 8.85. The Morgan fingerprint density at radius 3 is 2.59 bits per heavy atom. The quantitative estimate of drug-likeness (QED) is 0.849. The van der Waals surface area contributed by atoms with E-state index in [1.807, 2.05) is 5.32 Å². The molecule has 2 aromatic rings. The number of rotatable bonds is 4. The third kappa shape index (κ3) is 3.47. The van der Waals surface area contributed by atoms with Crippen LogP contribution in [0.2, 0.25) is 0 Å². The van der Waals surface area contributed by atoms with Crippen LogP contribution in [0, 0.1) is 0 Å². The first kappa shape index (κ1) is 17.7. The van der Waals surface area contributed by atoms with Crippen molar-refractivity contribution in [2.45, 2.75) is 43.8 Å². The van der Waals surface area contributed by atoms with Crippen molar-refractivity contribution in [3.8, 4) is 0 Å². The topological polar surface area (TPSA) is 91.0 Å². The normalized spacial score (nSPS) is 18.7. The molecule has 1 saturated heterocycles.